The standard InChI is InChI=1S/C21H23N3O6S2/c1-14-13-31(26,27)24(21(14)25)16-7-8-19(30-2)20(11-16)32(28,29)23-10-9-15-12-22-18-6-4-3-5-17(15)18/h3-8,11-12,14,22-23H,9-10,13H2,1-2H3. The zero-order chi connectivity index (χ0) is 23.1. The summed E-state index contributed by atoms with van der Waals surface area (Å²) in [5.74, 6) is -1.56. The van der Waals surface area contributed by atoms with Crippen molar-refractivity contribution in [3.05, 3.63) is 54.2 Å². The van der Waals surface area contributed by atoms with Gasteiger partial charge in [-0.1, -0.05) is 25.1 Å². The zero-order valence-corrected chi connectivity index (χ0v) is 19.2. The third kappa shape index (κ3) is 3.98. The predicted molar refractivity (Wildman–Crippen MR) is 121 cm³/mol. The van der Waals surface area contributed by atoms with Gasteiger partial charge in [0.25, 0.3) is 0 Å². The summed E-state index contributed by atoms with van der Waals surface area (Å²) in [6.07, 6.45) is 2.28. The summed E-state index contributed by atoms with van der Waals surface area (Å²) in [5.41, 5.74) is 1.90. The van der Waals surface area contributed by atoms with Crippen LogP contribution >= 0.6 is 0 Å². The van der Waals surface area contributed by atoms with Crippen molar-refractivity contribution in [3.63, 3.8) is 0 Å². The SMILES string of the molecule is COc1ccc(N2C(=O)C(C)CS2(=O)=O)cc1S(=O)(=O)NCCc1c[nH]c2ccccc12. The number of benzene rings is 2. The van der Waals surface area contributed by atoms with Crippen molar-refractivity contribution in [1.82, 2.24) is 9.71 Å². The minimum atomic E-state index is -4.05. The zero-order valence-electron chi connectivity index (χ0n) is 17.5. The summed E-state index contributed by atoms with van der Waals surface area (Å²) in [5, 5.41) is 1.01. The molecule has 1 unspecified atom stereocenters. The molecule has 1 aromatic heterocycles. The molecule has 2 heterocycles. The molecule has 11 heteroatoms. The van der Waals surface area contributed by atoms with Crippen LogP contribution in [0.1, 0.15) is 12.5 Å². The van der Waals surface area contributed by atoms with E-state index in [4.69, 9.17) is 4.74 Å². The van der Waals surface area contributed by atoms with Crippen LogP contribution in [0.2, 0.25) is 0 Å². The Kier molecular flexibility index (Phi) is 5.74. The van der Waals surface area contributed by atoms with Crippen molar-refractivity contribution in [3.8, 4) is 5.75 Å². The molecule has 3 aromatic rings. The normalized spacial score (nSPS) is 18.4. The molecule has 2 N–H and O–H groups in total. The van der Waals surface area contributed by atoms with Crippen molar-refractivity contribution in [2.75, 3.05) is 23.7 Å². The van der Waals surface area contributed by atoms with E-state index >= 15 is 0 Å². The van der Waals surface area contributed by atoms with Crippen LogP contribution in [-0.4, -0.2) is 47.1 Å². The van der Waals surface area contributed by atoms with Gasteiger partial charge in [0, 0.05) is 23.6 Å². The summed E-state index contributed by atoms with van der Waals surface area (Å²) < 4.78 is 59.3. The number of hydrogen-bond donors (Lipinski definition) is 2. The van der Waals surface area contributed by atoms with E-state index in [1.165, 1.54) is 26.2 Å². The average molecular weight is 478 g/mol. The second kappa shape index (κ2) is 8.23. The predicted octanol–water partition coefficient (Wildman–Crippen LogP) is 2.01. The Labute approximate surface area is 186 Å². The Bertz CT molecular complexity index is 1400. The van der Waals surface area contributed by atoms with Crippen molar-refractivity contribution < 1.29 is 26.4 Å². The van der Waals surface area contributed by atoms with Crippen molar-refractivity contribution in [2.45, 2.75) is 18.2 Å². The molecule has 0 aliphatic carbocycles. The first kappa shape index (κ1) is 22.3. The molecular formula is C21H23N3O6S2. The van der Waals surface area contributed by atoms with Gasteiger partial charge in [-0.3, -0.25) is 4.79 Å². The number of aromatic amines is 1. The van der Waals surface area contributed by atoms with E-state index in [0.29, 0.717) is 10.7 Å². The van der Waals surface area contributed by atoms with Crippen LogP contribution in [0.25, 0.3) is 10.9 Å². The fourth-order valence-electron chi connectivity index (χ4n) is 3.82. The molecule has 1 fully saturated rings. The number of aromatic nitrogens is 1. The van der Waals surface area contributed by atoms with E-state index < -0.39 is 31.9 Å². The summed E-state index contributed by atoms with van der Waals surface area (Å²) in [6.45, 7) is 1.64. The second-order valence-electron chi connectivity index (χ2n) is 7.62. The molecule has 0 bridgehead atoms. The monoisotopic (exact) mass is 477 g/mol. The summed E-state index contributed by atoms with van der Waals surface area (Å²) >= 11 is 0. The van der Waals surface area contributed by atoms with Crippen LogP contribution in [0, 0.1) is 5.92 Å². The van der Waals surface area contributed by atoms with Crippen LogP contribution in [-0.2, 0) is 31.3 Å². The van der Waals surface area contributed by atoms with Crippen molar-refractivity contribution in [2.24, 2.45) is 5.92 Å². The lowest BCUT2D eigenvalue weighted by atomic mass is 10.1. The van der Waals surface area contributed by atoms with Crippen LogP contribution in [0.3, 0.4) is 0 Å². The van der Waals surface area contributed by atoms with Gasteiger partial charge in [0.2, 0.25) is 26.0 Å². The van der Waals surface area contributed by atoms with E-state index in [1.807, 2.05) is 30.5 Å². The first-order chi connectivity index (χ1) is 15.1. The number of methoxy groups -OCH3 is 1. The molecule has 32 heavy (non-hydrogen) atoms. The third-order valence-electron chi connectivity index (χ3n) is 5.39. The number of nitrogens with one attached hydrogen (secondary N) is 2. The molecule has 0 radical (unpaired) electrons. The quantitative estimate of drug-likeness (QED) is 0.536. The van der Waals surface area contributed by atoms with E-state index in [-0.39, 0.29) is 28.6 Å². The Morgan fingerprint density at radius 1 is 1.22 bits per heavy atom. The topological polar surface area (TPSA) is 126 Å². The fourth-order valence-corrected chi connectivity index (χ4v) is 6.86. The maximum Gasteiger partial charge on any atom is 0.244 e. The second-order valence-corrected chi connectivity index (χ2v) is 11.2. The number of nitrogens with zero attached hydrogens (tertiary/aromatic N) is 1. The number of hydrogen-bond acceptors (Lipinski definition) is 6. The number of carbonyl (C=O) groups is 1. The van der Waals surface area contributed by atoms with Crippen LogP contribution in [0.15, 0.2) is 53.6 Å². The van der Waals surface area contributed by atoms with Crippen LogP contribution in [0.4, 0.5) is 5.69 Å². The van der Waals surface area contributed by atoms with Gasteiger partial charge in [-0.05, 0) is 36.2 Å². The number of amides is 1. The highest BCUT2D eigenvalue weighted by molar-refractivity contribution is 7.94. The number of para-hydroxylation sites is 1. The first-order valence-electron chi connectivity index (χ1n) is 9.93. The van der Waals surface area contributed by atoms with Gasteiger partial charge in [0.1, 0.15) is 10.6 Å². The highest BCUT2D eigenvalue weighted by Gasteiger charge is 2.42. The minimum absolute atomic E-state index is 0.0304. The Hall–Kier alpha value is -2.89. The first-order valence-corrected chi connectivity index (χ1v) is 13.0. The molecule has 1 aliphatic heterocycles. The number of ether oxygens (including phenoxy) is 1. The van der Waals surface area contributed by atoms with Gasteiger partial charge in [-0.25, -0.2) is 25.9 Å². The molecular weight excluding hydrogens is 454 g/mol. The van der Waals surface area contributed by atoms with Gasteiger partial charge < -0.3 is 9.72 Å². The van der Waals surface area contributed by atoms with Crippen LogP contribution in [0.5, 0.6) is 5.75 Å². The smallest absolute Gasteiger partial charge is 0.244 e. The number of fused-ring (bicyclic) bond motifs is 1. The summed E-state index contributed by atoms with van der Waals surface area (Å²) in [7, 11) is -6.59. The molecule has 4 rings (SSSR count). The van der Waals surface area contributed by atoms with E-state index in [1.54, 1.807) is 0 Å². The van der Waals surface area contributed by atoms with E-state index in [2.05, 4.69) is 9.71 Å². The Morgan fingerprint density at radius 3 is 2.66 bits per heavy atom. The van der Waals surface area contributed by atoms with Gasteiger partial charge in [0.15, 0.2) is 0 Å². The van der Waals surface area contributed by atoms with Gasteiger partial charge >= 0.3 is 0 Å². The molecule has 1 saturated heterocycles. The largest absolute Gasteiger partial charge is 0.495 e. The van der Waals surface area contributed by atoms with E-state index in [9.17, 15) is 21.6 Å². The highest BCUT2D eigenvalue weighted by atomic mass is 32.2. The van der Waals surface area contributed by atoms with Gasteiger partial charge in [-0.15, -0.1) is 0 Å². The average Bonchev–Trinajstić information content (AvgIpc) is 3.25. The molecule has 0 saturated carbocycles. The van der Waals surface area contributed by atoms with E-state index in [0.717, 1.165) is 22.5 Å². The molecule has 9 nitrogen and oxygen atoms in total. The number of H-pyrrole nitrogens is 1. The molecule has 1 atom stereocenters. The number of rotatable bonds is 7. The highest BCUT2D eigenvalue weighted by Crippen LogP contribution is 2.33. The van der Waals surface area contributed by atoms with Gasteiger partial charge in [-0.2, -0.15) is 0 Å². The van der Waals surface area contributed by atoms with Gasteiger partial charge in [0.05, 0.1) is 24.5 Å². The molecule has 1 amide bonds. The van der Waals surface area contributed by atoms with Crippen molar-refractivity contribution in [1.29, 1.82) is 0 Å². The number of anilines is 1. The maximum atomic E-state index is 13.0. The number of sulfonamides is 2. The Morgan fingerprint density at radius 2 is 1.97 bits per heavy atom. The lowest BCUT2D eigenvalue weighted by Gasteiger charge is -2.18. The van der Waals surface area contributed by atoms with Crippen molar-refractivity contribution >= 4 is 42.5 Å². The molecule has 170 valence electrons. The lowest BCUT2D eigenvalue weighted by molar-refractivity contribution is -0.119. The molecule has 2 aromatic carbocycles. The summed E-state index contributed by atoms with van der Waals surface area (Å²) in [4.78, 5) is 15.3. The van der Waals surface area contributed by atoms with Crippen LogP contribution < -0.4 is 13.8 Å². The lowest BCUT2D eigenvalue weighted by Crippen LogP contribution is -2.31. The molecule has 1 aliphatic rings. The molecule has 0 spiro atoms. The third-order valence-corrected chi connectivity index (χ3v) is 8.74. The maximum absolute atomic E-state index is 13.0. The Balaban J connectivity index is 1.60. The summed E-state index contributed by atoms with van der Waals surface area (Å²) in [6, 6.07) is 11.6. The number of carbonyl (C=O) groups excluding carboxylic acids is 1. The fraction of sp³-hybridized carbons (Fsp3) is 0.286. The minimum Gasteiger partial charge on any atom is -0.495 e.